The summed E-state index contributed by atoms with van der Waals surface area (Å²) < 4.78 is 5.26. The molecule has 0 fully saturated rings. The number of aromatic nitrogens is 1. The van der Waals surface area contributed by atoms with Gasteiger partial charge in [-0.25, -0.2) is 9.78 Å². The van der Waals surface area contributed by atoms with E-state index in [1.54, 1.807) is 12.1 Å². The third-order valence-electron chi connectivity index (χ3n) is 2.30. The van der Waals surface area contributed by atoms with E-state index in [0.717, 1.165) is 12.3 Å². The van der Waals surface area contributed by atoms with E-state index in [1.165, 1.54) is 12.1 Å². The number of benzene rings is 1. The van der Waals surface area contributed by atoms with Crippen LogP contribution in [0.5, 0.6) is 11.6 Å². The number of carbonyl (C=O) groups is 1. The molecule has 0 saturated heterocycles. The maximum absolute atomic E-state index is 10.9. The molecule has 1 N–H and O–H groups in total. The molecule has 2 aromatic rings. The number of hydrogen-bond acceptors (Lipinski definition) is 5. The number of hydrogen-bond donors (Lipinski definition) is 1. The Hall–Kier alpha value is -2.67. The molecule has 1 heterocycles. The van der Waals surface area contributed by atoms with Gasteiger partial charge < -0.3 is 9.84 Å². The van der Waals surface area contributed by atoms with Crippen molar-refractivity contribution in [2.45, 2.75) is 0 Å². The Kier molecular flexibility index (Phi) is 3.81. The summed E-state index contributed by atoms with van der Waals surface area (Å²) in [6.07, 6.45) is 0.987. The largest absolute Gasteiger partial charge is 0.478 e. The Morgan fingerprint density at radius 2 is 2.00 bits per heavy atom. The first-order chi connectivity index (χ1) is 9.47. The van der Waals surface area contributed by atoms with E-state index in [-0.39, 0.29) is 11.4 Å². The lowest BCUT2D eigenvalue weighted by Gasteiger charge is -2.05. The van der Waals surface area contributed by atoms with Gasteiger partial charge in [-0.1, -0.05) is 11.6 Å². The van der Waals surface area contributed by atoms with E-state index in [2.05, 4.69) is 4.98 Å². The fourth-order valence-corrected chi connectivity index (χ4v) is 1.51. The van der Waals surface area contributed by atoms with Crippen LogP contribution in [0.4, 0.5) is 5.69 Å². The quantitative estimate of drug-likeness (QED) is 0.686. The SMILES string of the molecule is O=C(O)c1cnc(Oc2ccc(Cl)cc2)c([N+](=O)[O-])c1. The number of carboxylic acids is 1. The van der Waals surface area contributed by atoms with Gasteiger partial charge in [0.25, 0.3) is 5.88 Å². The molecule has 2 rings (SSSR count). The fourth-order valence-electron chi connectivity index (χ4n) is 1.38. The van der Waals surface area contributed by atoms with Crippen molar-refractivity contribution in [3.8, 4) is 11.6 Å². The van der Waals surface area contributed by atoms with Crippen LogP contribution in [0.3, 0.4) is 0 Å². The van der Waals surface area contributed by atoms with Gasteiger partial charge in [-0.05, 0) is 24.3 Å². The van der Waals surface area contributed by atoms with E-state index >= 15 is 0 Å². The zero-order valence-corrected chi connectivity index (χ0v) is 10.6. The van der Waals surface area contributed by atoms with Crippen LogP contribution in [-0.2, 0) is 0 Å². The summed E-state index contributed by atoms with van der Waals surface area (Å²) in [7, 11) is 0. The van der Waals surface area contributed by atoms with Gasteiger partial charge in [0.1, 0.15) is 5.75 Å². The molecule has 102 valence electrons. The fraction of sp³-hybridized carbons (Fsp3) is 0. The van der Waals surface area contributed by atoms with Crippen LogP contribution in [0, 0.1) is 10.1 Å². The van der Waals surface area contributed by atoms with Crippen molar-refractivity contribution >= 4 is 23.3 Å². The second kappa shape index (κ2) is 5.54. The zero-order chi connectivity index (χ0) is 14.7. The van der Waals surface area contributed by atoms with Crippen LogP contribution in [-0.4, -0.2) is 21.0 Å². The van der Waals surface area contributed by atoms with Crippen molar-refractivity contribution in [2.24, 2.45) is 0 Å². The number of pyridine rings is 1. The lowest BCUT2D eigenvalue weighted by molar-refractivity contribution is -0.386. The van der Waals surface area contributed by atoms with Gasteiger partial charge >= 0.3 is 11.7 Å². The van der Waals surface area contributed by atoms with Gasteiger partial charge in [0, 0.05) is 17.3 Å². The highest BCUT2D eigenvalue weighted by Gasteiger charge is 2.20. The van der Waals surface area contributed by atoms with E-state index < -0.39 is 16.6 Å². The summed E-state index contributed by atoms with van der Waals surface area (Å²) >= 11 is 5.71. The summed E-state index contributed by atoms with van der Waals surface area (Å²) in [4.78, 5) is 24.6. The monoisotopic (exact) mass is 294 g/mol. The highest BCUT2D eigenvalue weighted by atomic mass is 35.5. The average Bonchev–Trinajstić information content (AvgIpc) is 2.41. The molecule has 0 saturated carbocycles. The zero-order valence-electron chi connectivity index (χ0n) is 9.82. The Bertz CT molecular complexity index is 672. The lowest BCUT2D eigenvalue weighted by Crippen LogP contribution is -2.02. The van der Waals surface area contributed by atoms with E-state index in [0.29, 0.717) is 10.8 Å². The van der Waals surface area contributed by atoms with E-state index in [4.69, 9.17) is 21.4 Å². The lowest BCUT2D eigenvalue weighted by atomic mass is 10.2. The molecular weight excluding hydrogens is 288 g/mol. The Morgan fingerprint density at radius 3 is 2.55 bits per heavy atom. The third-order valence-corrected chi connectivity index (χ3v) is 2.56. The van der Waals surface area contributed by atoms with Crippen molar-refractivity contribution in [3.63, 3.8) is 0 Å². The first-order valence-electron chi connectivity index (χ1n) is 5.28. The topological polar surface area (TPSA) is 103 Å². The molecule has 20 heavy (non-hydrogen) atoms. The maximum Gasteiger partial charge on any atom is 0.337 e. The maximum atomic E-state index is 10.9. The molecule has 1 aromatic heterocycles. The number of halogens is 1. The van der Waals surface area contributed by atoms with E-state index in [9.17, 15) is 14.9 Å². The van der Waals surface area contributed by atoms with Crippen LogP contribution in [0.15, 0.2) is 36.5 Å². The summed E-state index contributed by atoms with van der Waals surface area (Å²) in [5.41, 5.74) is -0.819. The first-order valence-corrected chi connectivity index (χ1v) is 5.66. The summed E-state index contributed by atoms with van der Waals surface area (Å²) in [5, 5.41) is 20.2. The molecule has 0 atom stereocenters. The molecule has 0 aliphatic rings. The Labute approximate surface area is 117 Å². The second-order valence-corrected chi connectivity index (χ2v) is 4.10. The highest BCUT2D eigenvalue weighted by Crippen LogP contribution is 2.30. The highest BCUT2D eigenvalue weighted by molar-refractivity contribution is 6.30. The van der Waals surface area contributed by atoms with Gasteiger partial charge in [-0.15, -0.1) is 0 Å². The van der Waals surface area contributed by atoms with Crippen LogP contribution in [0.2, 0.25) is 5.02 Å². The number of nitrogens with zero attached hydrogens (tertiary/aromatic N) is 2. The van der Waals surface area contributed by atoms with Crippen molar-refractivity contribution < 1.29 is 19.6 Å². The number of nitro groups is 1. The number of carboxylic acid groups (broad SMARTS) is 1. The smallest absolute Gasteiger partial charge is 0.337 e. The number of aromatic carboxylic acids is 1. The predicted octanol–water partition coefficient (Wildman–Crippen LogP) is 3.13. The second-order valence-electron chi connectivity index (χ2n) is 3.67. The Morgan fingerprint density at radius 1 is 1.35 bits per heavy atom. The first kappa shape index (κ1) is 13.8. The number of ether oxygens (including phenoxy) is 1. The molecule has 0 aliphatic heterocycles. The molecule has 0 radical (unpaired) electrons. The molecule has 0 spiro atoms. The standard InChI is InChI=1S/C12H7ClN2O5/c13-8-1-3-9(4-2-8)20-11-10(15(18)19)5-7(6-14-11)12(16)17/h1-6H,(H,16,17). The third kappa shape index (κ3) is 3.01. The Balaban J connectivity index is 2.38. The molecule has 0 bridgehead atoms. The van der Waals surface area contributed by atoms with Crippen molar-refractivity contribution in [1.29, 1.82) is 0 Å². The minimum Gasteiger partial charge on any atom is -0.478 e. The molecular formula is C12H7ClN2O5. The minimum absolute atomic E-state index is 0.290. The van der Waals surface area contributed by atoms with Gasteiger partial charge in [0.05, 0.1) is 10.5 Å². The van der Waals surface area contributed by atoms with Crippen LogP contribution >= 0.6 is 11.6 Å². The average molecular weight is 295 g/mol. The summed E-state index contributed by atoms with van der Waals surface area (Å²) in [5.74, 6) is -1.30. The van der Waals surface area contributed by atoms with Gasteiger partial charge in [-0.2, -0.15) is 0 Å². The molecule has 0 aliphatic carbocycles. The van der Waals surface area contributed by atoms with Crippen molar-refractivity contribution in [3.05, 3.63) is 57.2 Å². The molecule has 0 unspecified atom stereocenters. The molecule has 1 aromatic carbocycles. The minimum atomic E-state index is -1.31. The van der Waals surface area contributed by atoms with Crippen LogP contribution < -0.4 is 4.74 Å². The van der Waals surface area contributed by atoms with Gasteiger partial charge in [-0.3, -0.25) is 10.1 Å². The summed E-state index contributed by atoms with van der Waals surface area (Å²) in [6.45, 7) is 0. The van der Waals surface area contributed by atoms with Crippen LogP contribution in [0.25, 0.3) is 0 Å². The predicted molar refractivity (Wildman–Crippen MR) is 69.4 cm³/mol. The van der Waals surface area contributed by atoms with E-state index in [1.807, 2.05) is 0 Å². The molecule has 8 heteroatoms. The normalized spacial score (nSPS) is 10.1. The van der Waals surface area contributed by atoms with Gasteiger partial charge in [0.2, 0.25) is 0 Å². The van der Waals surface area contributed by atoms with Crippen molar-refractivity contribution in [2.75, 3.05) is 0 Å². The van der Waals surface area contributed by atoms with Gasteiger partial charge in [0.15, 0.2) is 0 Å². The number of rotatable bonds is 4. The molecule has 7 nitrogen and oxygen atoms in total. The van der Waals surface area contributed by atoms with Crippen molar-refractivity contribution in [1.82, 2.24) is 4.98 Å². The molecule has 0 amide bonds. The van der Waals surface area contributed by atoms with Crippen LogP contribution in [0.1, 0.15) is 10.4 Å². The summed E-state index contributed by atoms with van der Waals surface area (Å²) in [6, 6.07) is 7.01.